The van der Waals surface area contributed by atoms with Crippen LogP contribution >= 0.6 is 15.9 Å². The van der Waals surface area contributed by atoms with Gasteiger partial charge in [-0.15, -0.1) is 0 Å². The lowest BCUT2D eigenvalue weighted by Crippen LogP contribution is -2.44. The molecule has 5 nitrogen and oxygen atoms in total. The fourth-order valence-corrected chi connectivity index (χ4v) is 2.44. The average molecular weight is 313 g/mol. The van der Waals surface area contributed by atoms with Crippen LogP contribution in [0.15, 0.2) is 30.4 Å². The molecule has 18 heavy (non-hydrogen) atoms. The quantitative estimate of drug-likeness (QED) is 0.805. The summed E-state index contributed by atoms with van der Waals surface area (Å²) in [6, 6.07) is 1.50. The van der Waals surface area contributed by atoms with Crippen molar-refractivity contribution in [3.63, 3.8) is 0 Å². The van der Waals surface area contributed by atoms with Crippen LogP contribution in [-0.4, -0.2) is 38.1 Å². The first-order chi connectivity index (χ1) is 8.65. The zero-order valence-corrected chi connectivity index (χ0v) is 11.6. The number of rotatable bonds is 1. The van der Waals surface area contributed by atoms with Crippen molar-refractivity contribution in [1.29, 1.82) is 0 Å². The maximum atomic E-state index is 11.9. The summed E-state index contributed by atoms with van der Waals surface area (Å²) in [5, 5.41) is 0. The van der Waals surface area contributed by atoms with E-state index in [2.05, 4.69) is 32.8 Å². The van der Waals surface area contributed by atoms with Gasteiger partial charge in [0.15, 0.2) is 11.5 Å². The summed E-state index contributed by atoms with van der Waals surface area (Å²) < 4.78 is 11.6. The molecule has 0 aliphatic carbocycles. The Balaban J connectivity index is 2.02. The molecule has 0 bridgehead atoms. The van der Waals surface area contributed by atoms with E-state index in [9.17, 15) is 4.79 Å². The highest BCUT2D eigenvalue weighted by Crippen LogP contribution is 2.27. The van der Waals surface area contributed by atoms with Crippen molar-refractivity contribution in [2.75, 3.05) is 38.1 Å². The highest BCUT2D eigenvalue weighted by molar-refractivity contribution is 9.10. The minimum Gasteiger partial charge on any atom is -0.456 e. The van der Waals surface area contributed by atoms with E-state index in [1.807, 2.05) is 0 Å². The summed E-state index contributed by atoms with van der Waals surface area (Å²) in [6.07, 6.45) is 1.48. The Kier molecular flexibility index (Phi) is 2.91. The molecule has 3 rings (SSSR count). The number of likely N-dealkylation sites (N-methyl/N-ethyl adjacent to an activating group) is 1. The Bertz CT molecular complexity index is 626. The van der Waals surface area contributed by atoms with Gasteiger partial charge in [0, 0.05) is 26.2 Å². The topological polar surface area (TPSA) is 49.8 Å². The fraction of sp³-hybridized carbons (Fsp3) is 0.417. The van der Waals surface area contributed by atoms with Gasteiger partial charge in [-0.05, 0) is 23.0 Å². The van der Waals surface area contributed by atoms with Crippen molar-refractivity contribution in [2.45, 2.75) is 0 Å². The number of fused-ring (bicyclic) bond motifs is 1. The molecule has 0 amide bonds. The maximum Gasteiger partial charge on any atom is 0.230 e. The summed E-state index contributed by atoms with van der Waals surface area (Å²) in [5.74, 6) is 0.614. The van der Waals surface area contributed by atoms with Gasteiger partial charge in [-0.3, -0.25) is 4.79 Å². The molecule has 1 saturated heterocycles. The summed E-state index contributed by atoms with van der Waals surface area (Å²) in [4.78, 5) is 16.2. The Morgan fingerprint density at radius 1 is 1.22 bits per heavy atom. The number of hydrogen-bond donors (Lipinski definition) is 0. The van der Waals surface area contributed by atoms with E-state index in [0.717, 1.165) is 26.2 Å². The molecule has 0 spiro atoms. The van der Waals surface area contributed by atoms with Gasteiger partial charge in [0.25, 0.3) is 0 Å². The Labute approximate surface area is 112 Å². The van der Waals surface area contributed by atoms with Gasteiger partial charge in [0.2, 0.25) is 11.0 Å². The third-order valence-corrected chi connectivity index (χ3v) is 3.75. The van der Waals surface area contributed by atoms with Crippen LogP contribution in [0, 0.1) is 0 Å². The Hall–Kier alpha value is -1.27. The number of piperazine rings is 1. The van der Waals surface area contributed by atoms with Gasteiger partial charge in [0.05, 0.1) is 10.5 Å². The van der Waals surface area contributed by atoms with Crippen molar-refractivity contribution >= 4 is 33.0 Å². The molecule has 2 aromatic heterocycles. The van der Waals surface area contributed by atoms with Gasteiger partial charge in [-0.25, -0.2) is 0 Å². The maximum absolute atomic E-state index is 11.9. The highest BCUT2D eigenvalue weighted by Gasteiger charge is 2.19. The smallest absolute Gasteiger partial charge is 0.230 e. The van der Waals surface area contributed by atoms with Crippen LogP contribution in [-0.2, 0) is 0 Å². The molecule has 3 heterocycles. The third-order valence-electron chi connectivity index (χ3n) is 3.20. The number of anilines is 1. The molecule has 0 unspecified atom stereocenters. The molecule has 0 N–H and O–H groups in total. The SMILES string of the molecule is CN1CCN(c2cc(=O)c3occ(Br)c3o2)CC1. The lowest BCUT2D eigenvalue weighted by Gasteiger charge is -2.32. The predicted molar refractivity (Wildman–Crippen MR) is 72.2 cm³/mol. The van der Waals surface area contributed by atoms with E-state index >= 15 is 0 Å². The van der Waals surface area contributed by atoms with Gasteiger partial charge in [-0.1, -0.05) is 0 Å². The van der Waals surface area contributed by atoms with E-state index < -0.39 is 0 Å². The molecule has 2 aromatic rings. The van der Waals surface area contributed by atoms with Crippen molar-refractivity contribution in [3.8, 4) is 0 Å². The van der Waals surface area contributed by atoms with Gasteiger partial charge in [0.1, 0.15) is 6.26 Å². The van der Waals surface area contributed by atoms with Crippen molar-refractivity contribution < 1.29 is 8.83 Å². The lowest BCUT2D eigenvalue weighted by molar-refractivity contribution is 0.306. The first-order valence-electron chi connectivity index (χ1n) is 5.79. The third kappa shape index (κ3) is 1.95. The fourth-order valence-electron chi connectivity index (χ4n) is 2.09. The first-order valence-corrected chi connectivity index (χ1v) is 6.59. The zero-order chi connectivity index (χ0) is 12.7. The molecule has 0 saturated carbocycles. The van der Waals surface area contributed by atoms with Crippen LogP contribution in [0.1, 0.15) is 0 Å². The van der Waals surface area contributed by atoms with E-state index in [-0.39, 0.29) is 11.0 Å². The highest BCUT2D eigenvalue weighted by atomic mass is 79.9. The van der Waals surface area contributed by atoms with E-state index in [1.54, 1.807) is 0 Å². The molecular weight excluding hydrogens is 300 g/mol. The van der Waals surface area contributed by atoms with Gasteiger partial charge >= 0.3 is 0 Å². The second kappa shape index (κ2) is 4.44. The van der Waals surface area contributed by atoms with Crippen molar-refractivity contribution in [3.05, 3.63) is 27.0 Å². The number of nitrogens with zero attached hydrogens (tertiary/aromatic N) is 2. The zero-order valence-electron chi connectivity index (χ0n) is 9.98. The van der Waals surface area contributed by atoms with E-state index in [0.29, 0.717) is 15.9 Å². The monoisotopic (exact) mass is 312 g/mol. The van der Waals surface area contributed by atoms with Gasteiger partial charge < -0.3 is 18.6 Å². The predicted octanol–water partition coefficient (Wildman–Crippen LogP) is 1.90. The molecule has 96 valence electrons. The normalized spacial score (nSPS) is 17.6. The molecule has 0 atom stereocenters. The van der Waals surface area contributed by atoms with Gasteiger partial charge in [-0.2, -0.15) is 0 Å². The van der Waals surface area contributed by atoms with Crippen LogP contribution in [0.2, 0.25) is 0 Å². The number of furan rings is 1. The molecule has 1 aliphatic rings. The van der Waals surface area contributed by atoms with E-state index in [1.165, 1.54) is 12.3 Å². The Morgan fingerprint density at radius 3 is 2.67 bits per heavy atom. The summed E-state index contributed by atoms with van der Waals surface area (Å²) >= 11 is 3.32. The van der Waals surface area contributed by atoms with Crippen LogP contribution in [0.5, 0.6) is 0 Å². The first kappa shape index (κ1) is 11.8. The molecule has 1 fully saturated rings. The summed E-state index contributed by atoms with van der Waals surface area (Å²) in [6.45, 7) is 3.66. The second-order valence-electron chi connectivity index (χ2n) is 4.48. The van der Waals surface area contributed by atoms with Crippen molar-refractivity contribution in [1.82, 2.24) is 4.90 Å². The summed E-state index contributed by atoms with van der Waals surface area (Å²) in [7, 11) is 2.09. The van der Waals surface area contributed by atoms with Crippen LogP contribution < -0.4 is 10.3 Å². The molecule has 6 heteroatoms. The second-order valence-corrected chi connectivity index (χ2v) is 5.34. The molecular formula is C12H13BrN2O3. The minimum absolute atomic E-state index is 0.143. The standard InChI is InChI=1S/C12H13BrN2O3/c1-14-2-4-15(5-3-14)10-6-9(16)12-11(18-10)8(13)7-17-12/h6-7H,2-5H2,1H3. The average Bonchev–Trinajstić information content (AvgIpc) is 2.73. The van der Waals surface area contributed by atoms with Crippen LogP contribution in [0.25, 0.3) is 11.2 Å². The number of hydrogen-bond acceptors (Lipinski definition) is 5. The largest absolute Gasteiger partial charge is 0.456 e. The molecule has 0 aromatic carbocycles. The lowest BCUT2D eigenvalue weighted by atomic mass is 10.3. The molecule has 0 radical (unpaired) electrons. The minimum atomic E-state index is -0.143. The molecule has 1 aliphatic heterocycles. The number of halogens is 1. The van der Waals surface area contributed by atoms with Crippen LogP contribution in [0.3, 0.4) is 0 Å². The summed E-state index contributed by atoms with van der Waals surface area (Å²) in [5.41, 5.74) is 0.604. The van der Waals surface area contributed by atoms with Crippen LogP contribution in [0.4, 0.5) is 5.88 Å². The van der Waals surface area contributed by atoms with Crippen molar-refractivity contribution in [2.24, 2.45) is 0 Å². The Morgan fingerprint density at radius 2 is 1.94 bits per heavy atom. The van der Waals surface area contributed by atoms with E-state index in [4.69, 9.17) is 8.83 Å².